The van der Waals surface area contributed by atoms with Gasteiger partial charge in [0.25, 0.3) is 0 Å². The van der Waals surface area contributed by atoms with E-state index < -0.39 is 0 Å². The molecule has 1 atom stereocenters. The Morgan fingerprint density at radius 1 is 1.36 bits per heavy atom. The minimum absolute atomic E-state index is 0.0510. The van der Waals surface area contributed by atoms with E-state index in [1.807, 2.05) is 23.1 Å². The molecule has 0 bridgehead atoms. The highest BCUT2D eigenvalue weighted by Crippen LogP contribution is 2.18. The van der Waals surface area contributed by atoms with E-state index in [-0.39, 0.29) is 30.8 Å². The highest BCUT2D eigenvalue weighted by molar-refractivity contribution is 5.79. The first-order valence-corrected chi connectivity index (χ1v) is 8.27. The fourth-order valence-electron chi connectivity index (χ4n) is 2.98. The lowest BCUT2D eigenvalue weighted by Gasteiger charge is -2.30. The molecule has 1 aliphatic heterocycles. The third kappa shape index (κ3) is 4.63. The molecule has 3 N–H and O–H groups in total. The van der Waals surface area contributed by atoms with Crippen LogP contribution in [0.5, 0.6) is 0 Å². The van der Waals surface area contributed by atoms with Crippen LogP contribution >= 0.6 is 0 Å². The van der Waals surface area contributed by atoms with Crippen LogP contribution in [-0.4, -0.2) is 46.5 Å². The smallest absolute Gasteiger partial charge is 0.231 e. The number of carbonyl (C=O) groups excluding carboxylic acids is 2. The summed E-state index contributed by atoms with van der Waals surface area (Å²) in [5.41, 5.74) is 6.58. The molecule has 132 valence electrons. The molecule has 3 rings (SSSR count). The Morgan fingerprint density at radius 3 is 3.00 bits per heavy atom. The van der Waals surface area contributed by atoms with Crippen molar-refractivity contribution in [3.8, 4) is 11.4 Å². The summed E-state index contributed by atoms with van der Waals surface area (Å²) in [5, 5.41) is 6.84. The van der Waals surface area contributed by atoms with Gasteiger partial charge in [-0.05, 0) is 31.5 Å². The van der Waals surface area contributed by atoms with Gasteiger partial charge in [-0.15, -0.1) is 0 Å². The van der Waals surface area contributed by atoms with E-state index in [4.69, 9.17) is 10.3 Å². The lowest BCUT2D eigenvalue weighted by molar-refractivity contribution is -0.128. The number of likely N-dealkylation sites (tertiary alicyclic amines) is 1. The molecule has 1 aliphatic rings. The summed E-state index contributed by atoms with van der Waals surface area (Å²) in [7, 11) is 0. The Kier molecular flexibility index (Phi) is 5.39. The second-order valence-corrected chi connectivity index (χ2v) is 6.15. The van der Waals surface area contributed by atoms with Crippen molar-refractivity contribution in [2.24, 2.45) is 11.7 Å². The van der Waals surface area contributed by atoms with Gasteiger partial charge in [-0.3, -0.25) is 19.5 Å². The van der Waals surface area contributed by atoms with E-state index in [0.29, 0.717) is 18.0 Å². The predicted molar refractivity (Wildman–Crippen MR) is 89.9 cm³/mol. The quantitative estimate of drug-likeness (QED) is 0.792. The Morgan fingerprint density at radius 2 is 2.24 bits per heavy atom. The molecule has 2 aromatic rings. The molecule has 8 nitrogen and oxygen atoms in total. The third-order valence-electron chi connectivity index (χ3n) is 4.18. The lowest BCUT2D eigenvalue weighted by atomic mass is 9.97. The lowest BCUT2D eigenvalue weighted by Crippen LogP contribution is -2.45. The number of primary amides is 1. The van der Waals surface area contributed by atoms with E-state index in [1.54, 1.807) is 12.3 Å². The summed E-state index contributed by atoms with van der Waals surface area (Å²) in [6.07, 6.45) is 3.36. The number of hydrogen-bond donors (Lipinski definition) is 2. The molecule has 0 saturated carbocycles. The Hall–Kier alpha value is -2.74. The highest BCUT2D eigenvalue weighted by atomic mass is 16.5. The highest BCUT2D eigenvalue weighted by Gasteiger charge is 2.26. The maximum Gasteiger partial charge on any atom is 0.231 e. The zero-order chi connectivity index (χ0) is 17.6. The van der Waals surface area contributed by atoms with Crippen molar-refractivity contribution in [2.75, 3.05) is 19.6 Å². The van der Waals surface area contributed by atoms with Crippen molar-refractivity contribution in [1.29, 1.82) is 0 Å². The number of piperidine rings is 1. The molecule has 2 amide bonds. The molecule has 3 heterocycles. The molecule has 1 fully saturated rings. The summed E-state index contributed by atoms with van der Waals surface area (Å²) in [5.74, 6) is -0.000174. The third-order valence-corrected chi connectivity index (χ3v) is 4.18. The largest absolute Gasteiger partial charge is 0.369 e. The van der Waals surface area contributed by atoms with E-state index >= 15 is 0 Å². The van der Waals surface area contributed by atoms with Crippen LogP contribution in [0.25, 0.3) is 11.4 Å². The van der Waals surface area contributed by atoms with Crippen molar-refractivity contribution in [2.45, 2.75) is 19.4 Å². The zero-order valence-corrected chi connectivity index (χ0v) is 13.9. The van der Waals surface area contributed by atoms with Gasteiger partial charge in [0.15, 0.2) is 5.76 Å². The molecule has 25 heavy (non-hydrogen) atoms. The van der Waals surface area contributed by atoms with Gasteiger partial charge in [0.2, 0.25) is 11.8 Å². The average Bonchev–Trinajstić information content (AvgIpc) is 3.09. The topological polar surface area (TPSA) is 114 Å². The maximum absolute atomic E-state index is 12.4. The maximum atomic E-state index is 12.4. The minimum atomic E-state index is -0.371. The Labute approximate surface area is 145 Å². The van der Waals surface area contributed by atoms with Gasteiger partial charge in [-0.1, -0.05) is 11.2 Å². The first-order valence-electron chi connectivity index (χ1n) is 8.27. The Balaban J connectivity index is 1.52. The van der Waals surface area contributed by atoms with Crippen LogP contribution in [-0.2, 0) is 16.1 Å². The van der Waals surface area contributed by atoms with Gasteiger partial charge in [-0.2, -0.15) is 0 Å². The standard InChI is InChI=1S/C17H21N5O3/c18-16(23)11-22-7-3-4-12(10-22)17(24)20-9-13-8-15(21-25-13)14-5-1-2-6-19-14/h1-2,5-6,8,12H,3-4,7,9-11H2,(H2,18,23)(H,20,24)/t12-/m0/s1. The van der Waals surface area contributed by atoms with Crippen LogP contribution in [0.2, 0.25) is 0 Å². The number of rotatable bonds is 6. The molecular weight excluding hydrogens is 322 g/mol. The number of nitrogens with zero attached hydrogens (tertiary/aromatic N) is 3. The molecule has 0 radical (unpaired) electrons. The number of pyridine rings is 1. The van der Waals surface area contributed by atoms with E-state index in [1.165, 1.54) is 0 Å². The zero-order valence-electron chi connectivity index (χ0n) is 13.9. The van der Waals surface area contributed by atoms with Gasteiger partial charge in [0.05, 0.1) is 24.7 Å². The normalized spacial score (nSPS) is 18.0. The number of nitrogens with one attached hydrogen (secondary N) is 1. The van der Waals surface area contributed by atoms with Crippen LogP contribution in [0.4, 0.5) is 0 Å². The summed E-state index contributed by atoms with van der Waals surface area (Å²) in [6, 6.07) is 7.31. The molecule has 0 aliphatic carbocycles. The second kappa shape index (κ2) is 7.89. The first-order chi connectivity index (χ1) is 12.1. The summed E-state index contributed by atoms with van der Waals surface area (Å²) in [4.78, 5) is 29.5. The number of aromatic nitrogens is 2. The van der Waals surface area contributed by atoms with Crippen molar-refractivity contribution >= 4 is 11.8 Å². The van der Waals surface area contributed by atoms with Gasteiger partial charge < -0.3 is 15.6 Å². The van der Waals surface area contributed by atoms with Crippen LogP contribution in [0.15, 0.2) is 35.0 Å². The molecule has 8 heteroatoms. The van der Waals surface area contributed by atoms with E-state index in [2.05, 4.69) is 15.5 Å². The van der Waals surface area contributed by atoms with Crippen molar-refractivity contribution in [3.05, 3.63) is 36.2 Å². The van der Waals surface area contributed by atoms with Gasteiger partial charge in [0, 0.05) is 18.8 Å². The second-order valence-electron chi connectivity index (χ2n) is 6.15. The first kappa shape index (κ1) is 17.1. The summed E-state index contributed by atoms with van der Waals surface area (Å²) < 4.78 is 5.25. The number of nitrogens with two attached hydrogens (primary N) is 1. The molecule has 0 unspecified atom stereocenters. The van der Waals surface area contributed by atoms with Crippen LogP contribution in [0.1, 0.15) is 18.6 Å². The van der Waals surface area contributed by atoms with Crippen LogP contribution in [0, 0.1) is 5.92 Å². The monoisotopic (exact) mass is 343 g/mol. The van der Waals surface area contributed by atoms with E-state index in [0.717, 1.165) is 25.1 Å². The number of carbonyl (C=O) groups is 2. The van der Waals surface area contributed by atoms with Crippen molar-refractivity contribution in [1.82, 2.24) is 20.4 Å². The van der Waals surface area contributed by atoms with Gasteiger partial charge in [-0.25, -0.2) is 0 Å². The number of hydrogen-bond acceptors (Lipinski definition) is 6. The molecular formula is C17H21N5O3. The van der Waals surface area contributed by atoms with Crippen molar-refractivity contribution < 1.29 is 14.1 Å². The minimum Gasteiger partial charge on any atom is -0.369 e. The molecule has 0 spiro atoms. The average molecular weight is 343 g/mol. The van der Waals surface area contributed by atoms with Gasteiger partial charge >= 0.3 is 0 Å². The van der Waals surface area contributed by atoms with Crippen LogP contribution < -0.4 is 11.1 Å². The molecule has 2 aromatic heterocycles. The molecule has 1 saturated heterocycles. The fourth-order valence-corrected chi connectivity index (χ4v) is 2.98. The van der Waals surface area contributed by atoms with E-state index in [9.17, 15) is 9.59 Å². The predicted octanol–water partition coefficient (Wildman–Crippen LogP) is 0.550. The van der Waals surface area contributed by atoms with Crippen LogP contribution in [0.3, 0.4) is 0 Å². The van der Waals surface area contributed by atoms with Gasteiger partial charge in [0.1, 0.15) is 5.69 Å². The summed E-state index contributed by atoms with van der Waals surface area (Å²) >= 11 is 0. The number of amides is 2. The SMILES string of the molecule is NC(=O)CN1CCC[C@H](C(=O)NCc2cc(-c3ccccn3)no2)C1. The molecule has 0 aromatic carbocycles. The van der Waals surface area contributed by atoms with Crippen molar-refractivity contribution in [3.63, 3.8) is 0 Å². The summed E-state index contributed by atoms with van der Waals surface area (Å²) in [6.45, 7) is 1.80. The Bertz CT molecular complexity index is 731. The fraction of sp³-hybridized carbons (Fsp3) is 0.412.